The van der Waals surface area contributed by atoms with Crippen LogP contribution < -0.4 is 5.32 Å². The fraction of sp³-hybridized carbons (Fsp3) is 0.909. The third kappa shape index (κ3) is 4.23. The molecule has 4 heteroatoms. The predicted octanol–water partition coefficient (Wildman–Crippen LogP) is 2.65. The number of hydrogen-bond acceptors (Lipinski definition) is 2. The standard InChI is InChI=1S/C11H20ClNOS/c1-3-15-10-5-4-9(6-10)13-11(14)8(2)7-12/h8-10H,3-7H2,1-2H3,(H,13,14). The summed E-state index contributed by atoms with van der Waals surface area (Å²) in [6.45, 7) is 4.06. The summed E-state index contributed by atoms with van der Waals surface area (Å²) >= 11 is 7.65. The van der Waals surface area contributed by atoms with Gasteiger partial charge in [0.2, 0.25) is 5.91 Å². The molecular weight excluding hydrogens is 230 g/mol. The second kappa shape index (κ2) is 6.64. The molecule has 0 saturated heterocycles. The first-order chi connectivity index (χ1) is 7.17. The van der Waals surface area contributed by atoms with Crippen LogP contribution >= 0.6 is 23.4 Å². The van der Waals surface area contributed by atoms with E-state index in [0.717, 1.165) is 18.1 Å². The fourth-order valence-corrected chi connectivity index (χ4v) is 3.15. The highest BCUT2D eigenvalue weighted by atomic mass is 35.5. The Balaban J connectivity index is 2.26. The van der Waals surface area contributed by atoms with Gasteiger partial charge in [-0.05, 0) is 25.0 Å². The third-order valence-electron chi connectivity index (χ3n) is 2.81. The molecule has 1 fully saturated rings. The number of thioether (sulfide) groups is 1. The second-order valence-corrected chi connectivity index (χ2v) is 6.04. The Morgan fingerprint density at radius 2 is 2.33 bits per heavy atom. The van der Waals surface area contributed by atoms with E-state index in [-0.39, 0.29) is 11.8 Å². The minimum Gasteiger partial charge on any atom is -0.353 e. The molecule has 0 heterocycles. The highest BCUT2D eigenvalue weighted by Gasteiger charge is 2.26. The average Bonchev–Trinajstić information content (AvgIpc) is 2.65. The van der Waals surface area contributed by atoms with Crippen molar-refractivity contribution in [1.29, 1.82) is 0 Å². The van der Waals surface area contributed by atoms with E-state index in [1.807, 2.05) is 18.7 Å². The van der Waals surface area contributed by atoms with Crippen LogP contribution in [0.25, 0.3) is 0 Å². The van der Waals surface area contributed by atoms with Crippen LogP contribution in [0.1, 0.15) is 33.1 Å². The Morgan fingerprint density at radius 3 is 2.93 bits per heavy atom. The monoisotopic (exact) mass is 249 g/mol. The maximum atomic E-state index is 11.6. The van der Waals surface area contributed by atoms with Gasteiger partial charge in [0.15, 0.2) is 0 Å². The third-order valence-corrected chi connectivity index (χ3v) is 4.51. The van der Waals surface area contributed by atoms with Gasteiger partial charge >= 0.3 is 0 Å². The maximum absolute atomic E-state index is 11.6. The minimum absolute atomic E-state index is 0.0652. The van der Waals surface area contributed by atoms with Gasteiger partial charge in [0.25, 0.3) is 0 Å². The Hall–Kier alpha value is 0.110. The molecule has 0 bridgehead atoms. The highest BCUT2D eigenvalue weighted by Crippen LogP contribution is 2.29. The summed E-state index contributed by atoms with van der Waals surface area (Å²) < 4.78 is 0. The van der Waals surface area contributed by atoms with Crippen LogP contribution in [0, 0.1) is 5.92 Å². The molecule has 1 aliphatic carbocycles. The van der Waals surface area contributed by atoms with Crippen molar-refractivity contribution in [2.24, 2.45) is 5.92 Å². The van der Waals surface area contributed by atoms with Crippen LogP contribution in [-0.4, -0.2) is 28.8 Å². The van der Waals surface area contributed by atoms with Crippen molar-refractivity contribution >= 4 is 29.3 Å². The Labute approximate surface area is 102 Å². The Kier molecular flexibility index (Phi) is 5.83. The van der Waals surface area contributed by atoms with Crippen LogP contribution in [0.15, 0.2) is 0 Å². The lowest BCUT2D eigenvalue weighted by atomic mass is 10.1. The van der Waals surface area contributed by atoms with Gasteiger partial charge in [0, 0.05) is 23.1 Å². The lowest BCUT2D eigenvalue weighted by molar-refractivity contribution is -0.124. The molecule has 15 heavy (non-hydrogen) atoms. The van der Waals surface area contributed by atoms with Crippen LogP contribution in [0.4, 0.5) is 0 Å². The van der Waals surface area contributed by atoms with Gasteiger partial charge in [0.05, 0.1) is 0 Å². The molecule has 1 aliphatic rings. The summed E-state index contributed by atoms with van der Waals surface area (Å²) in [7, 11) is 0. The normalized spacial score (nSPS) is 27.7. The van der Waals surface area contributed by atoms with E-state index in [1.54, 1.807) is 0 Å². The molecule has 1 amide bonds. The number of nitrogens with one attached hydrogen (secondary N) is 1. The molecule has 1 N–H and O–H groups in total. The largest absolute Gasteiger partial charge is 0.353 e. The Morgan fingerprint density at radius 1 is 1.60 bits per heavy atom. The molecule has 0 aromatic heterocycles. The van der Waals surface area contributed by atoms with Gasteiger partial charge in [-0.1, -0.05) is 13.8 Å². The summed E-state index contributed by atoms with van der Waals surface area (Å²) in [5, 5.41) is 3.82. The van der Waals surface area contributed by atoms with Gasteiger partial charge in [0.1, 0.15) is 0 Å². The van der Waals surface area contributed by atoms with Crippen molar-refractivity contribution in [2.45, 2.75) is 44.4 Å². The highest BCUT2D eigenvalue weighted by molar-refractivity contribution is 7.99. The van der Waals surface area contributed by atoms with E-state index in [4.69, 9.17) is 11.6 Å². The van der Waals surface area contributed by atoms with Crippen molar-refractivity contribution in [2.75, 3.05) is 11.6 Å². The first-order valence-corrected chi connectivity index (χ1v) is 7.23. The lowest BCUT2D eigenvalue weighted by Crippen LogP contribution is -2.37. The molecule has 88 valence electrons. The molecular formula is C11H20ClNOS. The lowest BCUT2D eigenvalue weighted by Gasteiger charge is -2.15. The SMILES string of the molecule is CCSC1CCC(NC(=O)C(C)CCl)C1. The van der Waals surface area contributed by atoms with Crippen LogP contribution in [0.5, 0.6) is 0 Å². The number of hydrogen-bond donors (Lipinski definition) is 1. The van der Waals surface area contributed by atoms with Crippen LogP contribution in [0.2, 0.25) is 0 Å². The van der Waals surface area contributed by atoms with E-state index in [1.165, 1.54) is 12.2 Å². The molecule has 0 aromatic carbocycles. The number of alkyl halides is 1. The van der Waals surface area contributed by atoms with Gasteiger partial charge in [-0.2, -0.15) is 11.8 Å². The van der Waals surface area contributed by atoms with Gasteiger partial charge in [-0.15, -0.1) is 11.6 Å². The van der Waals surface area contributed by atoms with E-state index in [2.05, 4.69) is 12.2 Å². The van der Waals surface area contributed by atoms with Crippen LogP contribution in [0.3, 0.4) is 0 Å². The minimum atomic E-state index is -0.0652. The van der Waals surface area contributed by atoms with Crippen molar-refractivity contribution in [3.8, 4) is 0 Å². The molecule has 2 nitrogen and oxygen atoms in total. The summed E-state index contributed by atoms with van der Waals surface area (Å²) in [5.41, 5.74) is 0. The molecule has 3 atom stereocenters. The quantitative estimate of drug-likeness (QED) is 0.759. The number of carbonyl (C=O) groups is 1. The summed E-state index contributed by atoms with van der Waals surface area (Å²) in [4.78, 5) is 11.6. The number of rotatable bonds is 5. The van der Waals surface area contributed by atoms with Crippen molar-refractivity contribution in [3.05, 3.63) is 0 Å². The Bertz CT molecular complexity index is 213. The average molecular weight is 250 g/mol. The van der Waals surface area contributed by atoms with E-state index in [0.29, 0.717) is 11.9 Å². The van der Waals surface area contributed by atoms with Crippen molar-refractivity contribution in [1.82, 2.24) is 5.32 Å². The van der Waals surface area contributed by atoms with Gasteiger partial charge in [-0.3, -0.25) is 4.79 Å². The van der Waals surface area contributed by atoms with Gasteiger partial charge in [-0.25, -0.2) is 0 Å². The van der Waals surface area contributed by atoms with E-state index < -0.39 is 0 Å². The van der Waals surface area contributed by atoms with Crippen LogP contribution in [-0.2, 0) is 4.79 Å². The molecule has 0 aliphatic heterocycles. The van der Waals surface area contributed by atoms with Crippen molar-refractivity contribution in [3.63, 3.8) is 0 Å². The van der Waals surface area contributed by atoms with E-state index >= 15 is 0 Å². The number of amides is 1. The molecule has 1 saturated carbocycles. The smallest absolute Gasteiger partial charge is 0.224 e. The maximum Gasteiger partial charge on any atom is 0.224 e. The zero-order valence-electron chi connectivity index (χ0n) is 9.46. The summed E-state index contributed by atoms with van der Waals surface area (Å²) in [5.74, 6) is 1.62. The molecule has 3 unspecified atom stereocenters. The zero-order chi connectivity index (χ0) is 11.3. The van der Waals surface area contributed by atoms with Crippen molar-refractivity contribution < 1.29 is 4.79 Å². The molecule has 0 spiro atoms. The number of carbonyl (C=O) groups excluding carboxylic acids is 1. The topological polar surface area (TPSA) is 29.1 Å². The fourth-order valence-electron chi connectivity index (χ4n) is 1.87. The first kappa shape index (κ1) is 13.2. The van der Waals surface area contributed by atoms with Gasteiger partial charge < -0.3 is 5.32 Å². The zero-order valence-corrected chi connectivity index (χ0v) is 11.0. The summed E-state index contributed by atoms with van der Waals surface area (Å²) in [6.07, 6.45) is 3.48. The molecule has 0 radical (unpaired) electrons. The first-order valence-electron chi connectivity index (χ1n) is 5.65. The second-order valence-electron chi connectivity index (χ2n) is 4.15. The number of halogens is 1. The van der Waals surface area contributed by atoms with E-state index in [9.17, 15) is 4.79 Å². The molecule has 0 aromatic rings. The molecule has 1 rings (SSSR count). The summed E-state index contributed by atoms with van der Waals surface area (Å²) in [6, 6.07) is 0.382. The predicted molar refractivity (Wildman–Crippen MR) is 67.6 cm³/mol.